The minimum atomic E-state index is -0.337. The maximum Gasteiger partial charge on any atom is 0.267 e. The van der Waals surface area contributed by atoms with E-state index in [1.54, 1.807) is 24.4 Å². The van der Waals surface area contributed by atoms with Gasteiger partial charge in [-0.3, -0.25) is 19.0 Å². The summed E-state index contributed by atoms with van der Waals surface area (Å²) in [4.78, 5) is 44.6. The monoisotopic (exact) mass is 366 g/mol. The van der Waals surface area contributed by atoms with Crippen molar-refractivity contribution in [2.75, 3.05) is 6.54 Å². The second kappa shape index (κ2) is 7.10. The number of aromatic nitrogens is 5. The highest BCUT2D eigenvalue weighted by atomic mass is 16.2. The fourth-order valence-corrected chi connectivity index (χ4v) is 3.22. The van der Waals surface area contributed by atoms with E-state index in [0.717, 1.165) is 30.5 Å². The van der Waals surface area contributed by atoms with E-state index in [2.05, 4.69) is 20.4 Å². The van der Waals surface area contributed by atoms with E-state index < -0.39 is 0 Å². The third kappa shape index (κ3) is 3.48. The summed E-state index contributed by atoms with van der Waals surface area (Å²) in [7, 11) is 0. The number of amides is 1. The van der Waals surface area contributed by atoms with Crippen LogP contribution >= 0.6 is 0 Å². The van der Waals surface area contributed by atoms with Crippen LogP contribution < -0.4 is 16.4 Å². The molecule has 4 rings (SSSR count). The van der Waals surface area contributed by atoms with Gasteiger partial charge in [0.1, 0.15) is 12.9 Å². The topological polar surface area (TPSA) is 112 Å². The van der Waals surface area contributed by atoms with Gasteiger partial charge >= 0.3 is 0 Å². The van der Waals surface area contributed by atoms with E-state index in [9.17, 15) is 14.4 Å². The molecule has 0 unspecified atom stereocenters. The van der Waals surface area contributed by atoms with Crippen molar-refractivity contribution >= 4 is 16.9 Å². The van der Waals surface area contributed by atoms with Gasteiger partial charge < -0.3 is 5.32 Å². The van der Waals surface area contributed by atoms with Gasteiger partial charge in [-0.15, -0.1) is 0 Å². The number of aryl methyl sites for hydroxylation is 2. The molecule has 1 amide bonds. The molecule has 1 aliphatic rings. The minimum absolute atomic E-state index is 0.150. The van der Waals surface area contributed by atoms with E-state index in [4.69, 9.17) is 0 Å². The van der Waals surface area contributed by atoms with Gasteiger partial charge in [0.15, 0.2) is 5.65 Å². The van der Waals surface area contributed by atoms with Crippen LogP contribution in [0.5, 0.6) is 0 Å². The Hall–Kier alpha value is -3.36. The molecule has 0 saturated heterocycles. The summed E-state index contributed by atoms with van der Waals surface area (Å²) in [6.07, 6.45) is 5.67. The van der Waals surface area contributed by atoms with Crippen LogP contribution in [-0.2, 0) is 30.7 Å². The largest absolute Gasteiger partial charge is 0.353 e. The molecule has 9 nitrogen and oxygen atoms in total. The number of carbonyl (C=O) groups excluding carboxylic acids is 1. The van der Waals surface area contributed by atoms with Crippen molar-refractivity contribution in [2.45, 2.75) is 32.4 Å². The summed E-state index contributed by atoms with van der Waals surface area (Å²) in [6.45, 7) is 0.387. The molecule has 0 fully saturated rings. The van der Waals surface area contributed by atoms with Crippen molar-refractivity contribution in [2.24, 2.45) is 0 Å². The van der Waals surface area contributed by atoms with Crippen LogP contribution in [0.4, 0.5) is 0 Å². The molecule has 0 spiro atoms. The minimum Gasteiger partial charge on any atom is -0.353 e. The van der Waals surface area contributed by atoms with Crippen LogP contribution in [0.3, 0.4) is 0 Å². The first-order valence-corrected chi connectivity index (χ1v) is 8.78. The Balaban J connectivity index is 1.39. The second-order valence-electron chi connectivity index (χ2n) is 6.43. The Kier molecular flexibility index (Phi) is 4.49. The maximum absolute atomic E-state index is 12.4. The van der Waals surface area contributed by atoms with Gasteiger partial charge in [0.05, 0.1) is 17.6 Å². The zero-order valence-corrected chi connectivity index (χ0v) is 14.6. The van der Waals surface area contributed by atoms with E-state index in [1.807, 2.05) is 0 Å². The Bertz CT molecular complexity index is 1130. The van der Waals surface area contributed by atoms with Crippen molar-refractivity contribution in [3.05, 3.63) is 62.7 Å². The van der Waals surface area contributed by atoms with Gasteiger partial charge in [0.2, 0.25) is 5.91 Å². The van der Waals surface area contributed by atoms with Crippen LogP contribution in [0, 0.1) is 0 Å². The highest BCUT2D eigenvalue weighted by molar-refractivity contribution is 5.77. The van der Waals surface area contributed by atoms with Crippen molar-refractivity contribution in [1.29, 1.82) is 0 Å². The molecule has 0 aliphatic heterocycles. The summed E-state index contributed by atoms with van der Waals surface area (Å²) in [5.74, 6) is -0.337. The lowest BCUT2D eigenvalue weighted by molar-refractivity contribution is -0.121. The number of pyridine rings is 1. The molecule has 138 valence electrons. The van der Waals surface area contributed by atoms with E-state index in [0.29, 0.717) is 11.0 Å². The number of hydrogen-bond donors (Lipinski definition) is 1. The lowest BCUT2D eigenvalue weighted by atomic mass is 10.2. The Morgan fingerprint density at radius 2 is 2.11 bits per heavy atom. The van der Waals surface area contributed by atoms with Crippen molar-refractivity contribution in [3.8, 4) is 0 Å². The predicted octanol–water partition coefficient (Wildman–Crippen LogP) is -0.347. The van der Waals surface area contributed by atoms with Crippen molar-refractivity contribution in [3.63, 3.8) is 0 Å². The number of carbonyl (C=O) groups is 1. The van der Waals surface area contributed by atoms with Gasteiger partial charge in [0.25, 0.3) is 11.1 Å². The Labute approximate surface area is 153 Å². The van der Waals surface area contributed by atoms with Crippen LogP contribution in [0.1, 0.15) is 17.7 Å². The molecule has 0 radical (unpaired) electrons. The summed E-state index contributed by atoms with van der Waals surface area (Å²) in [5.41, 5.74) is 1.86. The molecular weight excluding hydrogens is 348 g/mol. The highest BCUT2D eigenvalue weighted by Gasteiger charge is 2.14. The molecule has 9 heteroatoms. The molecule has 0 bridgehead atoms. The van der Waals surface area contributed by atoms with Gasteiger partial charge in [0, 0.05) is 18.8 Å². The first kappa shape index (κ1) is 17.1. The highest BCUT2D eigenvalue weighted by Crippen LogP contribution is 2.16. The molecule has 0 saturated carbocycles. The van der Waals surface area contributed by atoms with Crippen LogP contribution in [-0.4, -0.2) is 36.8 Å². The lowest BCUT2D eigenvalue weighted by Crippen LogP contribution is -2.36. The summed E-state index contributed by atoms with van der Waals surface area (Å²) >= 11 is 0. The quantitative estimate of drug-likeness (QED) is 0.661. The van der Waals surface area contributed by atoms with Crippen LogP contribution in [0.25, 0.3) is 11.0 Å². The molecule has 0 atom stereocenters. The number of nitrogens with zero attached hydrogens (tertiary/aromatic N) is 5. The van der Waals surface area contributed by atoms with E-state index in [-0.39, 0.29) is 36.7 Å². The first-order valence-electron chi connectivity index (χ1n) is 8.78. The van der Waals surface area contributed by atoms with Gasteiger partial charge in [-0.05, 0) is 37.0 Å². The smallest absolute Gasteiger partial charge is 0.267 e. The van der Waals surface area contributed by atoms with Crippen molar-refractivity contribution < 1.29 is 4.79 Å². The van der Waals surface area contributed by atoms with E-state index in [1.165, 1.54) is 15.6 Å². The van der Waals surface area contributed by atoms with Crippen LogP contribution in [0.15, 0.2) is 40.3 Å². The number of rotatable bonds is 5. The number of hydrogen-bond acceptors (Lipinski definition) is 6. The van der Waals surface area contributed by atoms with Crippen molar-refractivity contribution in [1.82, 2.24) is 29.6 Å². The third-order valence-corrected chi connectivity index (χ3v) is 4.58. The number of nitrogens with one attached hydrogen (secondary N) is 1. The van der Waals surface area contributed by atoms with Gasteiger partial charge in [-0.1, -0.05) is 0 Å². The zero-order chi connectivity index (χ0) is 18.8. The molecule has 3 aromatic rings. The molecular formula is C18H18N6O3. The average Bonchev–Trinajstić information content (AvgIpc) is 3.11. The Morgan fingerprint density at radius 1 is 1.22 bits per heavy atom. The SMILES string of the molecule is O=C(Cn1cnc2ncccc2c1=O)NCCn1nc2c(cc1=O)CCC2. The third-order valence-electron chi connectivity index (χ3n) is 4.58. The molecule has 3 heterocycles. The van der Waals surface area contributed by atoms with Crippen LogP contribution in [0.2, 0.25) is 0 Å². The molecule has 27 heavy (non-hydrogen) atoms. The fraction of sp³-hybridized carbons (Fsp3) is 0.333. The standard InChI is InChI=1S/C18H18N6O3/c25-15(10-23-11-21-17-13(18(23)27)4-2-6-20-17)19-7-8-24-16(26)9-12-3-1-5-14(12)22-24/h2,4,6,9,11H,1,3,5,7-8,10H2,(H,19,25). The second-order valence-corrected chi connectivity index (χ2v) is 6.43. The fourth-order valence-electron chi connectivity index (χ4n) is 3.22. The zero-order valence-electron chi connectivity index (χ0n) is 14.6. The molecule has 3 aromatic heterocycles. The summed E-state index contributed by atoms with van der Waals surface area (Å²) < 4.78 is 2.61. The molecule has 0 aromatic carbocycles. The first-order chi connectivity index (χ1) is 13.1. The normalized spacial score (nSPS) is 12.9. The summed E-state index contributed by atoms with van der Waals surface area (Å²) in [6, 6.07) is 4.90. The predicted molar refractivity (Wildman–Crippen MR) is 97.3 cm³/mol. The summed E-state index contributed by atoms with van der Waals surface area (Å²) in [5, 5.41) is 7.43. The number of fused-ring (bicyclic) bond motifs is 2. The molecule has 1 N–H and O–H groups in total. The lowest BCUT2D eigenvalue weighted by Gasteiger charge is -2.09. The van der Waals surface area contributed by atoms with Gasteiger partial charge in [-0.25, -0.2) is 14.6 Å². The van der Waals surface area contributed by atoms with Gasteiger partial charge in [-0.2, -0.15) is 5.10 Å². The van der Waals surface area contributed by atoms with E-state index >= 15 is 0 Å². The Morgan fingerprint density at radius 3 is 3.00 bits per heavy atom. The molecule has 1 aliphatic carbocycles. The average molecular weight is 366 g/mol. The maximum atomic E-state index is 12.4.